The predicted molar refractivity (Wildman–Crippen MR) is 94.5 cm³/mol. The molecule has 0 atom stereocenters. The first-order valence-corrected chi connectivity index (χ1v) is 8.17. The molecule has 4 heteroatoms. The van der Waals surface area contributed by atoms with Crippen molar-refractivity contribution in [2.24, 2.45) is 9.98 Å². The van der Waals surface area contributed by atoms with Gasteiger partial charge in [0.05, 0.1) is 10.3 Å². The fraction of sp³-hybridized carbons (Fsp3) is 0.625. The second-order valence-corrected chi connectivity index (χ2v) is 4.98. The molecule has 0 unspecified atom stereocenters. The van der Waals surface area contributed by atoms with Gasteiger partial charge in [0.15, 0.2) is 0 Å². The first-order valence-electron chi connectivity index (χ1n) is 7.36. The lowest BCUT2D eigenvalue weighted by Gasteiger charge is -2.00. The zero-order chi connectivity index (χ0) is 14.7. The Morgan fingerprint density at radius 3 is 1.30 bits per heavy atom. The Morgan fingerprint density at radius 1 is 0.600 bits per heavy atom. The summed E-state index contributed by atoms with van der Waals surface area (Å²) in [6.45, 7) is 0. The average Bonchev–Trinajstić information content (AvgIpc) is 2.47. The normalized spacial score (nSPS) is 10.6. The summed E-state index contributed by atoms with van der Waals surface area (Å²) in [5.41, 5.74) is 0. The third-order valence-electron chi connectivity index (χ3n) is 2.96. The molecule has 0 fully saturated rings. The number of aliphatic imine (C=N–C) groups is 2. The zero-order valence-electron chi connectivity index (χ0n) is 12.1. The summed E-state index contributed by atoms with van der Waals surface area (Å²) in [5.74, 6) is 0. The van der Waals surface area contributed by atoms with Gasteiger partial charge >= 0.3 is 0 Å². The Labute approximate surface area is 133 Å². The second-order valence-electron chi connectivity index (χ2n) is 4.62. The van der Waals surface area contributed by atoms with Gasteiger partial charge in [-0.15, -0.1) is 0 Å². The molecule has 0 bridgehead atoms. The number of nitrogens with zero attached hydrogens (tertiary/aromatic N) is 2. The van der Waals surface area contributed by atoms with Crippen LogP contribution in [0.1, 0.15) is 64.2 Å². The van der Waals surface area contributed by atoms with E-state index in [9.17, 15) is 0 Å². The number of unbranched alkanes of at least 4 members (excludes halogenated alkanes) is 9. The Balaban J connectivity index is 3.13. The fourth-order valence-corrected chi connectivity index (χ4v) is 2.02. The highest BCUT2D eigenvalue weighted by Gasteiger charge is 1.91. The van der Waals surface area contributed by atoms with Crippen LogP contribution in [-0.2, 0) is 0 Å². The van der Waals surface area contributed by atoms with Crippen LogP contribution < -0.4 is 0 Å². The van der Waals surface area contributed by atoms with Crippen LogP contribution in [0.3, 0.4) is 0 Å². The van der Waals surface area contributed by atoms with Gasteiger partial charge in [-0.05, 0) is 50.1 Å². The van der Waals surface area contributed by atoms with Crippen molar-refractivity contribution in [3.05, 3.63) is 24.6 Å². The molecule has 0 aliphatic carbocycles. The van der Waals surface area contributed by atoms with Crippen LogP contribution in [0.25, 0.3) is 0 Å². The molecule has 110 valence electrons. The Morgan fingerprint density at radius 2 is 0.950 bits per heavy atom. The van der Waals surface area contributed by atoms with Crippen LogP contribution in [0, 0.1) is 0 Å². The van der Waals surface area contributed by atoms with Gasteiger partial charge in [-0.2, -0.15) is 0 Å². The van der Waals surface area contributed by atoms with E-state index >= 15 is 0 Å². The Hall–Kier alpha value is -0.920. The number of hydrogen-bond acceptors (Lipinski definition) is 4. The fourth-order valence-electron chi connectivity index (χ4n) is 1.90. The molecule has 0 aromatic rings. The summed E-state index contributed by atoms with van der Waals surface area (Å²) < 4.78 is 0. The molecule has 0 heterocycles. The van der Waals surface area contributed by atoms with Crippen molar-refractivity contribution in [1.82, 2.24) is 0 Å². The lowest BCUT2D eigenvalue weighted by molar-refractivity contribution is 0.571. The van der Waals surface area contributed by atoms with Crippen molar-refractivity contribution in [2.45, 2.75) is 64.2 Å². The molecule has 0 rings (SSSR count). The highest BCUT2D eigenvalue weighted by atomic mass is 32.1. The van der Waals surface area contributed by atoms with Crippen molar-refractivity contribution in [1.29, 1.82) is 0 Å². The highest BCUT2D eigenvalue weighted by Crippen LogP contribution is 2.11. The lowest BCUT2D eigenvalue weighted by atomic mass is 10.1. The van der Waals surface area contributed by atoms with Crippen molar-refractivity contribution >= 4 is 34.8 Å². The molecular formula is C16H24N2S2. The molecule has 2 nitrogen and oxygen atoms in total. The lowest BCUT2D eigenvalue weighted by Crippen LogP contribution is -1.81. The van der Waals surface area contributed by atoms with E-state index in [1.807, 2.05) is 0 Å². The molecule has 0 aromatic heterocycles. The number of thiocarbonyl (C=S) groups is 2. The summed E-state index contributed by atoms with van der Waals surface area (Å²) in [4.78, 5) is 7.47. The maximum absolute atomic E-state index is 4.47. The molecule has 0 radical (unpaired) electrons. The standard InChI is InChI=1S/C16H24N2S2/c19-15-17-13-11-9-7-5-3-1-2-4-6-8-10-12-14-18-16-20/h11-14H,1-10H2/b13-11-,14-12-. The van der Waals surface area contributed by atoms with Gasteiger partial charge in [0, 0.05) is 12.4 Å². The minimum Gasteiger partial charge on any atom is -0.203 e. The molecule has 0 saturated heterocycles. The largest absolute Gasteiger partial charge is 0.203 e. The minimum atomic E-state index is 1.09. The van der Waals surface area contributed by atoms with E-state index in [0.717, 1.165) is 12.8 Å². The van der Waals surface area contributed by atoms with Crippen LogP contribution >= 0.6 is 24.4 Å². The van der Waals surface area contributed by atoms with E-state index < -0.39 is 0 Å². The molecule has 0 aliphatic rings. The van der Waals surface area contributed by atoms with E-state index in [0.29, 0.717) is 0 Å². The van der Waals surface area contributed by atoms with E-state index in [2.05, 4.69) is 56.9 Å². The van der Waals surface area contributed by atoms with E-state index in [4.69, 9.17) is 0 Å². The van der Waals surface area contributed by atoms with Gasteiger partial charge in [-0.25, -0.2) is 9.98 Å². The first kappa shape index (κ1) is 19.1. The van der Waals surface area contributed by atoms with E-state index in [1.165, 1.54) is 51.4 Å². The topological polar surface area (TPSA) is 24.7 Å². The van der Waals surface area contributed by atoms with Crippen LogP contribution in [0.5, 0.6) is 0 Å². The maximum Gasteiger partial charge on any atom is 0.0634 e. The second kappa shape index (κ2) is 18.1. The monoisotopic (exact) mass is 308 g/mol. The summed E-state index contributed by atoms with van der Waals surface area (Å²) in [6.07, 6.45) is 20.3. The molecule has 0 N–H and O–H groups in total. The van der Waals surface area contributed by atoms with E-state index in [-0.39, 0.29) is 0 Å². The number of hydrogen-bond donors (Lipinski definition) is 0. The molecule has 0 aliphatic heterocycles. The molecule has 0 amide bonds. The predicted octanol–water partition coefficient (Wildman–Crippen LogP) is 6.12. The minimum absolute atomic E-state index is 1.09. The van der Waals surface area contributed by atoms with Crippen LogP contribution in [0.4, 0.5) is 0 Å². The molecule has 0 aromatic carbocycles. The summed E-state index contributed by atoms with van der Waals surface area (Å²) in [5, 5.41) is 4.64. The molecular weight excluding hydrogens is 284 g/mol. The molecule has 0 spiro atoms. The van der Waals surface area contributed by atoms with Gasteiger partial charge in [-0.3, -0.25) is 0 Å². The van der Waals surface area contributed by atoms with Crippen LogP contribution in [0.15, 0.2) is 34.5 Å². The van der Waals surface area contributed by atoms with Gasteiger partial charge in [-0.1, -0.05) is 50.7 Å². The van der Waals surface area contributed by atoms with Gasteiger partial charge in [0.2, 0.25) is 0 Å². The molecule has 0 saturated carbocycles. The number of allylic oxidation sites excluding steroid dienone is 2. The first-order chi connectivity index (χ1) is 9.91. The van der Waals surface area contributed by atoms with Gasteiger partial charge < -0.3 is 0 Å². The third kappa shape index (κ3) is 17.1. The van der Waals surface area contributed by atoms with Crippen molar-refractivity contribution in [3.63, 3.8) is 0 Å². The third-order valence-corrected chi connectivity index (χ3v) is 3.17. The Bertz CT molecular complexity index is 327. The summed E-state index contributed by atoms with van der Waals surface area (Å²) in [6, 6.07) is 0. The average molecular weight is 309 g/mol. The highest BCUT2D eigenvalue weighted by molar-refractivity contribution is 7.78. The van der Waals surface area contributed by atoms with Gasteiger partial charge in [0.1, 0.15) is 0 Å². The SMILES string of the molecule is S=C=N/C=C\CCCCCCCCCC/C=C\N=C=S. The van der Waals surface area contributed by atoms with Crippen molar-refractivity contribution < 1.29 is 0 Å². The molecule has 20 heavy (non-hydrogen) atoms. The maximum atomic E-state index is 4.47. The Kier molecular flexibility index (Phi) is 17.2. The van der Waals surface area contributed by atoms with Crippen LogP contribution in [-0.4, -0.2) is 10.3 Å². The summed E-state index contributed by atoms with van der Waals surface area (Å²) in [7, 11) is 0. The smallest absolute Gasteiger partial charge is 0.0634 e. The number of rotatable bonds is 13. The van der Waals surface area contributed by atoms with Crippen molar-refractivity contribution in [2.75, 3.05) is 0 Å². The van der Waals surface area contributed by atoms with Crippen LogP contribution in [0.2, 0.25) is 0 Å². The quantitative estimate of drug-likeness (QED) is 0.232. The van der Waals surface area contributed by atoms with Gasteiger partial charge in [0.25, 0.3) is 0 Å². The van der Waals surface area contributed by atoms with E-state index in [1.54, 1.807) is 12.4 Å². The number of isothiocyanates is 2. The summed E-state index contributed by atoms with van der Waals surface area (Å²) >= 11 is 8.95. The van der Waals surface area contributed by atoms with Crippen molar-refractivity contribution in [3.8, 4) is 0 Å². The zero-order valence-corrected chi connectivity index (χ0v) is 13.7.